The summed E-state index contributed by atoms with van der Waals surface area (Å²) in [6.45, 7) is 0.00531. The zero-order valence-corrected chi connectivity index (χ0v) is 27.1. The lowest BCUT2D eigenvalue weighted by atomic mass is 9.87. The van der Waals surface area contributed by atoms with E-state index in [-0.39, 0.29) is 30.7 Å². The summed E-state index contributed by atoms with van der Waals surface area (Å²) in [7, 11) is 0. The van der Waals surface area contributed by atoms with Crippen molar-refractivity contribution in [3.05, 3.63) is 111 Å². The van der Waals surface area contributed by atoms with Gasteiger partial charge in [-0.15, -0.1) is 22.7 Å². The van der Waals surface area contributed by atoms with E-state index in [2.05, 4.69) is 51.7 Å². The molecule has 0 spiro atoms. The van der Waals surface area contributed by atoms with Gasteiger partial charge in [0.25, 0.3) is 0 Å². The predicted molar refractivity (Wildman–Crippen MR) is 185 cm³/mol. The van der Waals surface area contributed by atoms with Crippen molar-refractivity contribution < 1.29 is 14.4 Å². The Morgan fingerprint density at radius 2 is 1.76 bits per heavy atom. The fraction of sp³-hybridized carbons (Fsp3) is 0.194. The molecule has 0 atom stereocenters. The third kappa shape index (κ3) is 7.43. The third-order valence-corrected chi connectivity index (χ3v) is 10.00. The summed E-state index contributed by atoms with van der Waals surface area (Å²) in [5, 5.41) is 18.1. The lowest BCUT2D eigenvalue weighted by Gasteiger charge is -2.18. The van der Waals surface area contributed by atoms with E-state index >= 15 is 0 Å². The van der Waals surface area contributed by atoms with Crippen molar-refractivity contribution in [2.24, 2.45) is 0 Å². The normalized spacial score (nSPS) is 13.0. The quantitative estimate of drug-likeness (QED) is 0.0636. The van der Waals surface area contributed by atoms with E-state index in [0.717, 1.165) is 28.8 Å². The van der Waals surface area contributed by atoms with Crippen LogP contribution in [-0.2, 0) is 21.5 Å². The number of nitrogens with zero attached hydrogens (tertiary/aromatic N) is 1. The number of halogens is 1. The van der Waals surface area contributed by atoms with Crippen molar-refractivity contribution in [1.82, 2.24) is 15.6 Å². The molecule has 1 aliphatic rings. The van der Waals surface area contributed by atoms with Gasteiger partial charge in [0.15, 0.2) is 10.8 Å². The molecule has 0 radical (unpaired) electrons. The molecule has 7 nitrogen and oxygen atoms in total. The average Bonchev–Trinajstić information content (AvgIpc) is 3.43. The number of fused-ring (bicyclic) bond motifs is 1. The number of carbonyl (C=O) groups excluding carboxylic acids is 3. The molecule has 3 N–H and O–H groups in total. The van der Waals surface area contributed by atoms with E-state index in [1.54, 1.807) is 47.2 Å². The number of Topliss-reactive ketones (excluding diaryl/α,β-unsaturated/α-hetero) is 1. The fourth-order valence-corrected chi connectivity index (χ4v) is 7.24. The molecule has 0 bridgehead atoms. The molecule has 0 unspecified atom stereocenters. The minimum Gasteiger partial charge on any atom is -0.344 e. The monoisotopic (exact) mass is 664 g/mol. The maximum Gasteiger partial charge on any atom is 0.310 e. The van der Waals surface area contributed by atoms with Gasteiger partial charge in [0, 0.05) is 55.8 Å². The Kier molecular flexibility index (Phi) is 9.41. The van der Waals surface area contributed by atoms with Crippen molar-refractivity contribution in [2.75, 3.05) is 6.54 Å². The zero-order valence-electron chi connectivity index (χ0n) is 24.7. The van der Waals surface area contributed by atoms with E-state index in [4.69, 9.17) is 17.0 Å². The van der Waals surface area contributed by atoms with Gasteiger partial charge < -0.3 is 16.0 Å². The summed E-state index contributed by atoms with van der Waals surface area (Å²) in [5.41, 5.74) is 3.30. The van der Waals surface area contributed by atoms with Crippen molar-refractivity contribution in [1.29, 1.82) is 5.41 Å². The number of thiazole rings is 1. The molecule has 6 rings (SSSR count). The van der Waals surface area contributed by atoms with Gasteiger partial charge >= 0.3 is 11.8 Å². The standard InChI is InChI=1S/C36H29ClN4O3S2/c37-27-17-25(32-18-23-6-2-4-9-31(23)46-32)16-26(19-27)36(11-12-36)21-28(38)20-30(42)29-8-3-1-7-24(29)22-41-35(44)34(43)40-13-5-10-33-39-14-15-45-33/h1-4,6-9,14-19,38H,11-13,20-22H2,(H,40,43)(H,41,44). The second-order valence-corrected chi connectivity index (χ2v) is 13.6. The Balaban J connectivity index is 1.06. The van der Waals surface area contributed by atoms with Gasteiger partial charge in [-0.1, -0.05) is 60.0 Å². The molecule has 230 valence electrons. The third-order valence-electron chi connectivity index (χ3n) is 7.93. The van der Waals surface area contributed by atoms with Gasteiger partial charge in [-0.2, -0.15) is 0 Å². The Bertz CT molecular complexity index is 1990. The van der Waals surface area contributed by atoms with Crippen LogP contribution in [0.5, 0.6) is 0 Å². The van der Waals surface area contributed by atoms with Crippen LogP contribution in [0.25, 0.3) is 20.5 Å². The molecule has 10 heteroatoms. The lowest BCUT2D eigenvalue weighted by molar-refractivity contribution is -0.139. The van der Waals surface area contributed by atoms with E-state index in [0.29, 0.717) is 33.3 Å². The van der Waals surface area contributed by atoms with Crippen molar-refractivity contribution >= 4 is 67.7 Å². The number of carbonyl (C=O) groups is 3. The summed E-state index contributed by atoms with van der Waals surface area (Å²) in [6, 6.07) is 23.6. The molecule has 5 aromatic rings. The van der Waals surface area contributed by atoms with Crippen molar-refractivity contribution in [3.8, 4) is 22.3 Å². The van der Waals surface area contributed by atoms with Gasteiger partial charge in [-0.25, -0.2) is 4.98 Å². The highest BCUT2D eigenvalue weighted by molar-refractivity contribution is 7.22. The SMILES string of the molecule is N=C(CC(=O)c1ccccc1CNC(=O)C(=O)NCC#Cc1nccs1)CC1(c2cc(Cl)cc(-c3cc4ccccc4s3)c2)CC1. The number of rotatable bonds is 10. The smallest absolute Gasteiger partial charge is 0.310 e. The number of ketones is 1. The molecule has 2 heterocycles. The Morgan fingerprint density at radius 1 is 0.978 bits per heavy atom. The lowest BCUT2D eigenvalue weighted by Crippen LogP contribution is -2.39. The molecule has 3 aromatic carbocycles. The maximum atomic E-state index is 13.4. The van der Waals surface area contributed by atoms with Gasteiger partial charge in [0.1, 0.15) is 0 Å². The van der Waals surface area contributed by atoms with Gasteiger partial charge in [0.05, 0.1) is 6.54 Å². The highest BCUT2D eigenvalue weighted by atomic mass is 35.5. The molecule has 1 aliphatic carbocycles. The molecule has 2 amide bonds. The van der Waals surface area contributed by atoms with E-state index in [1.165, 1.54) is 21.4 Å². The van der Waals surface area contributed by atoms with Crippen molar-refractivity contribution in [3.63, 3.8) is 0 Å². The fourth-order valence-electron chi connectivity index (χ4n) is 5.45. The van der Waals surface area contributed by atoms with E-state index < -0.39 is 11.8 Å². The topological polar surface area (TPSA) is 112 Å². The largest absolute Gasteiger partial charge is 0.344 e. The zero-order chi connectivity index (χ0) is 32.1. The Morgan fingerprint density at radius 3 is 2.54 bits per heavy atom. The van der Waals surface area contributed by atoms with Crippen LogP contribution in [0.4, 0.5) is 0 Å². The van der Waals surface area contributed by atoms with E-state index in [1.807, 2.05) is 24.3 Å². The molecule has 0 aliphatic heterocycles. The number of nitrogens with one attached hydrogen (secondary N) is 3. The first-order valence-electron chi connectivity index (χ1n) is 14.7. The van der Waals surface area contributed by atoms with Crippen LogP contribution in [0.2, 0.25) is 5.02 Å². The molecule has 46 heavy (non-hydrogen) atoms. The summed E-state index contributed by atoms with van der Waals surface area (Å²) < 4.78 is 1.22. The first kappa shape index (κ1) is 31.4. The van der Waals surface area contributed by atoms with Crippen LogP contribution in [0, 0.1) is 17.3 Å². The first-order valence-corrected chi connectivity index (χ1v) is 16.8. The Labute approximate surface area is 279 Å². The minimum atomic E-state index is -0.821. The van der Waals surface area contributed by atoms with Crippen LogP contribution in [-0.4, -0.2) is 34.8 Å². The second kappa shape index (κ2) is 13.8. The predicted octanol–water partition coefficient (Wildman–Crippen LogP) is 7.18. The van der Waals surface area contributed by atoms with E-state index in [9.17, 15) is 14.4 Å². The highest BCUT2D eigenvalue weighted by Crippen LogP contribution is 2.53. The number of thiophene rings is 1. The van der Waals surface area contributed by atoms with Crippen LogP contribution in [0.3, 0.4) is 0 Å². The second-order valence-electron chi connectivity index (χ2n) is 11.2. The molecule has 1 fully saturated rings. The Hall–Kier alpha value is -4.62. The maximum absolute atomic E-state index is 13.4. The molecule has 2 aromatic heterocycles. The van der Waals surface area contributed by atoms with Crippen LogP contribution < -0.4 is 10.6 Å². The number of benzene rings is 3. The summed E-state index contributed by atoms with van der Waals surface area (Å²) in [5.74, 6) is 3.72. The summed E-state index contributed by atoms with van der Waals surface area (Å²) in [6.07, 6.45) is 3.93. The summed E-state index contributed by atoms with van der Waals surface area (Å²) in [4.78, 5) is 43.1. The van der Waals surface area contributed by atoms with Gasteiger partial charge in [0.2, 0.25) is 0 Å². The minimum absolute atomic E-state index is 0.000740. The van der Waals surface area contributed by atoms with Crippen molar-refractivity contribution in [2.45, 2.75) is 37.6 Å². The molecule has 1 saturated carbocycles. The van der Waals surface area contributed by atoms with Crippen LogP contribution >= 0.6 is 34.3 Å². The average molecular weight is 665 g/mol. The number of hydrogen-bond acceptors (Lipinski definition) is 7. The number of aromatic nitrogens is 1. The molecular formula is C36H29ClN4O3S2. The van der Waals surface area contributed by atoms with Gasteiger partial charge in [-0.05, 0) is 77.6 Å². The number of amides is 2. The summed E-state index contributed by atoms with van der Waals surface area (Å²) >= 11 is 9.72. The van der Waals surface area contributed by atoms with Crippen LogP contribution in [0.15, 0.2) is 84.4 Å². The highest BCUT2D eigenvalue weighted by Gasteiger charge is 2.45. The molecule has 0 saturated heterocycles. The van der Waals surface area contributed by atoms with Crippen LogP contribution in [0.1, 0.15) is 52.2 Å². The first-order chi connectivity index (χ1) is 22.3. The number of hydrogen-bond donors (Lipinski definition) is 3. The van der Waals surface area contributed by atoms with Gasteiger partial charge in [-0.3, -0.25) is 14.4 Å². The molecular weight excluding hydrogens is 636 g/mol.